The van der Waals surface area contributed by atoms with Crippen molar-refractivity contribution in [2.75, 3.05) is 30.2 Å². The Morgan fingerprint density at radius 2 is 1.34 bits per heavy atom. The van der Waals surface area contributed by atoms with Crippen LogP contribution in [0.4, 0.5) is 55.2 Å². The van der Waals surface area contributed by atoms with E-state index in [1.807, 2.05) is 0 Å². The topological polar surface area (TPSA) is 97.4 Å². The van der Waals surface area contributed by atoms with E-state index in [1.165, 1.54) is 32.4 Å². The minimum Gasteiger partial charge on any atom is -0.493 e. The van der Waals surface area contributed by atoms with Gasteiger partial charge in [0.05, 0.1) is 30.9 Å². The van der Waals surface area contributed by atoms with Gasteiger partial charge in [-0.3, -0.25) is 4.79 Å². The molecule has 1 aromatic heterocycles. The minimum atomic E-state index is -5.10. The van der Waals surface area contributed by atoms with Gasteiger partial charge in [0.1, 0.15) is 5.82 Å². The third kappa shape index (κ3) is 7.47. The van der Waals surface area contributed by atoms with Gasteiger partial charge in [-0.15, -0.1) is 6.42 Å². The molecule has 4 aromatic carbocycles. The van der Waals surface area contributed by atoms with E-state index in [9.17, 15) is 31.1 Å². The molecule has 5 rings (SSSR count). The Morgan fingerprint density at radius 3 is 1.96 bits per heavy atom. The second-order valence-corrected chi connectivity index (χ2v) is 9.92. The Hall–Kier alpha value is -5.97. The highest BCUT2D eigenvalue weighted by atomic mass is 19.4. The molecule has 1 heterocycles. The van der Waals surface area contributed by atoms with Crippen LogP contribution in [-0.4, -0.2) is 30.1 Å². The van der Waals surface area contributed by atoms with E-state index in [2.05, 4.69) is 31.8 Å². The summed E-state index contributed by atoms with van der Waals surface area (Å²) >= 11 is 0. The van der Waals surface area contributed by atoms with E-state index in [1.54, 1.807) is 42.5 Å². The molecule has 0 spiro atoms. The Labute approximate surface area is 263 Å². The molecule has 3 N–H and O–H groups in total. The molecule has 47 heavy (non-hydrogen) atoms. The SMILES string of the molecule is C#Cc1cccc(Nc2nc(Nc3cccc(NC(=O)c4cc(C(F)(F)F)cc(C(F)(F)F)c4)c3)nc3cc(OC)c(OC)cc23)c1. The highest BCUT2D eigenvalue weighted by Crippen LogP contribution is 2.38. The smallest absolute Gasteiger partial charge is 0.416 e. The van der Waals surface area contributed by atoms with Crippen LogP contribution >= 0.6 is 0 Å². The molecule has 0 aliphatic heterocycles. The first-order valence-electron chi connectivity index (χ1n) is 13.5. The summed E-state index contributed by atoms with van der Waals surface area (Å²) in [5, 5.41) is 9.14. The quantitative estimate of drug-likeness (QED) is 0.115. The van der Waals surface area contributed by atoms with Crippen LogP contribution in [0, 0.1) is 12.3 Å². The van der Waals surface area contributed by atoms with Gasteiger partial charge in [-0.05, 0) is 60.7 Å². The summed E-state index contributed by atoms with van der Waals surface area (Å²) in [4.78, 5) is 22.0. The van der Waals surface area contributed by atoms with Gasteiger partial charge in [-0.25, -0.2) is 4.98 Å². The molecule has 0 saturated carbocycles. The summed E-state index contributed by atoms with van der Waals surface area (Å²) in [6, 6.07) is 17.0. The Kier molecular flexibility index (Phi) is 8.83. The number of alkyl halides is 6. The number of aromatic nitrogens is 2. The average molecular weight is 652 g/mol. The molecule has 14 heteroatoms. The summed E-state index contributed by atoms with van der Waals surface area (Å²) in [5.41, 5.74) is -1.91. The molecular formula is C33H23F6N5O3. The summed E-state index contributed by atoms with van der Waals surface area (Å²) in [7, 11) is 2.95. The van der Waals surface area contributed by atoms with E-state index in [-0.39, 0.29) is 17.7 Å². The molecule has 8 nitrogen and oxygen atoms in total. The number of halogens is 6. The van der Waals surface area contributed by atoms with Gasteiger partial charge >= 0.3 is 12.4 Å². The predicted octanol–water partition coefficient (Wildman–Crippen LogP) is 8.41. The number of fused-ring (bicyclic) bond motifs is 1. The first-order valence-corrected chi connectivity index (χ1v) is 13.5. The zero-order valence-electron chi connectivity index (χ0n) is 24.5. The standard InChI is InChI=1S/C33H23F6N5O3/c1-4-18-7-5-8-22(11-18)40-29-25-16-27(46-2)28(47-3)17-26(25)43-31(44-29)42-24-10-6-9-23(15-24)41-30(45)19-12-20(32(34,35)36)14-21(13-19)33(37,38)39/h1,5-17H,2-3H3,(H,41,45)(H2,40,42,43,44). The van der Waals surface area contributed by atoms with Crippen molar-refractivity contribution in [1.82, 2.24) is 9.97 Å². The molecular weight excluding hydrogens is 628 g/mol. The summed E-state index contributed by atoms with van der Waals surface area (Å²) in [6.07, 6.45) is -4.66. The van der Waals surface area contributed by atoms with Gasteiger partial charge in [-0.1, -0.05) is 18.1 Å². The van der Waals surface area contributed by atoms with Gasteiger partial charge in [-0.2, -0.15) is 31.3 Å². The number of rotatable bonds is 8. The monoisotopic (exact) mass is 651 g/mol. The number of hydrogen-bond acceptors (Lipinski definition) is 7. The maximum absolute atomic E-state index is 13.3. The third-order valence-electron chi connectivity index (χ3n) is 6.72. The van der Waals surface area contributed by atoms with Crippen molar-refractivity contribution in [1.29, 1.82) is 0 Å². The molecule has 1 amide bonds. The van der Waals surface area contributed by atoms with Crippen molar-refractivity contribution in [3.05, 3.63) is 101 Å². The zero-order valence-corrected chi connectivity index (χ0v) is 24.5. The Morgan fingerprint density at radius 1 is 0.745 bits per heavy atom. The zero-order chi connectivity index (χ0) is 33.9. The predicted molar refractivity (Wildman–Crippen MR) is 164 cm³/mol. The average Bonchev–Trinajstić information content (AvgIpc) is 3.03. The lowest BCUT2D eigenvalue weighted by molar-refractivity contribution is -0.143. The highest BCUT2D eigenvalue weighted by molar-refractivity contribution is 6.05. The fraction of sp³-hybridized carbons (Fsp3) is 0.121. The van der Waals surface area contributed by atoms with Crippen LogP contribution < -0.4 is 25.4 Å². The molecule has 240 valence electrons. The molecule has 0 unspecified atom stereocenters. The van der Waals surface area contributed by atoms with Crippen LogP contribution in [0.5, 0.6) is 11.5 Å². The van der Waals surface area contributed by atoms with E-state index in [0.29, 0.717) is 57.3 Å². The number of nitrogens with zero attached hydrogens (tertiary/aromatic N) is 2. The third-order valence-corrected chi connectivity index (χ3v) is 6.72. The summed E-state index contributed by atoms with van der Waals surface area (Å²) in [5.74, 6) is 2.67. The number of anilines is 5. The Balaban J connectivity index is 1.47. The number of benzene rings is 4. The Bertz CT molecular complexity index is 1990. The van der Waals surface area contributed by atoms with Crippen molar-refractivity contribution in [2.45, 2.75) is 12.4 Å². The van der Waals surface area contributed by atoms with Crippen LogP contribution in [0.15, 0.2) is 78.9 Å². The first kappa shape index (κ1) is 32.4. The maximum Gasteiger partial charge on any atom is 0.416 e. The summed E-state index contributed by atoms with van der Waals surface area (Å²) in [6.45, 7) is 0. The van der Waals surface area contributed by atoms with E-state index in [0.717, 1.165) is 0 Å². The number of terminal acetylenes is 1. The van der Waals surface area contributed by atoms with Crippen LogP contribution in [0.3, 0.4) is 0 Å². The number of carbonyl (C=O) groups is 1. The van der Waals surface area contributed by atoms with Crippen molar-refractivity contribution in [3.63, 3.8) is 0 Å². The second kappa shape index (κ2) is 12.8. The fourth-order valence-electron chi connectivity index (χ4n) is 4.52. The molecule has 0 radical (unpaired) electrons. The number of hydrogen-bond donors (Lipinski definition) is 3. The van der Waals surface area contributed by atoms with Crippen molar-refractivity contribution >= 4 is 45.6 Å². The van der Waals surface area contributed by atoms with Gasteiger partial charge < -0.3 is 25.4 Å². The van der Waals surface area contributed by atoms with E-state index in [4.69, 9.17) is 15.9 Å². The molecule has 0 bridgehead atoms. The molecule has 0 aliphatic rings. The molecule has 5 aromatic rings. The second-order valence-electron chi connectivity index (χ2n) is 9.92. The number of carbonyl (C=O) groups excluding carboxylic acids is 1. The molecule has 0 aliphatic carbocycles. The highest BCUT2D eigenvalue weighted by Gasteiger charge is 2.37. The molecule has 0 fully saturated rings. The van der Waals surface area contributed by atoms with Crippen LogP contribution in [-0.2, 0) is 12.4 Å². The lowest BCUT2D eigenvalue weighted by Gasteiger charge is -2.15. The molecule has 0 atom stereocenters. The number of amides is 1. The van der Waals surface area contributed by atoms with E-state index >= 15 is 0 Å². The number of methoxy groups -OCH3 is 2. The van der Waals surface area contributed by atoms with Crippen LogP contribution in [0.25, 0.3) is 10.9 Å². The van der Waals surface area contributed by atoms with Crippen LogP contribution in [0.1, 0.15) is 27.0 Å². The number of ether oxygens (including phenoxy) is 2. The van der Waals surface area contributed by atoms with E-state index < -0.39 is 35.0 Å². The van der Waals surface area contributed by atoms with Gasteiger partial charge in [0.15, 0.2) is 11.5 Å². The minimum absolute atomic E-state index is 0.0501. The van der Waals surface area contributed by atoms with Crippen molar-refractivity contribution in [2.24, 2.45) is 0 Å². The molecule has 0 saturated heterocycles. The largest absolute Gasteiger partial charge is 0.493 e. The van der Waals surface area contributed by atoms with Gasteiger partial charge in [0.25, 0.3) is 5.91 Å². The van der Waals surface area contributed by atoms with Crippen LogP contribution in [0.2, 0.25) is 0 Å². The lowest BCUT2D eigenvalue weighted by atomic mass is 10.0. The van der Waals surface area contributed by atoms with Crippen molar-refractivity contribution < 1.29 is 40.6 Å². The van der Waals surface area contributed by atoms with Gasteiger partial charge in [0.2, 0.25) is 5.95 Å². The fourth-order valence-corrected chi connectivity index (χ4v) is 4.52. The number of nitrogens with one attached hydrogen (secondary N) is 3. The van der Waals surface area contributed by atoms with Gasteiger partial charge in [0, 0.05) is 39.6 Å². The summed E-state index contributed by atoms with van der Waals surface area (Å²) < 4.78 is 90.7. The lowest BCUT2D eigenvalue weighted by Crippen LogP contribution is -2.17. The normalized spacial score (nSPS) is 11.5. The van der Waals surface area contributed by atoms with Crippen molar-refractivity contribution in [3.8, 4) is 23.8 Å². The maximum atomic E-state index is 13.3. The first-order chi connectivity index (χ1) is 22.3.